The number of hydrogen-bond acceptors (Lipinski definition) is 4. The van der Waals surface area contributed by atoms with Gasteiger partial charge in [-0.3, -0.25) is 4.79 Å². The molecule has 0 N–H and O–H groups in total. The highest BCUT2D eigenvalue weighted by Crippen LogP contribution is 2.35. The van der Waals surface area contributed by atoms with Crippen LogP contribution in [0.5, 0.6) is 0 Å². The van der Waals surface area contributed by atoms with Crippen LogP contribution in [0.2, 0.25) is 0 Å². The van der Waals surface area contributed by atoms with Gasteiger partial charge in [-0.2, -0.15) is 0 Å². The second kappa shape index (κ2) is 6.31. The van der Waals surface area contributed by atoms with Gasteiger partial charge >= 0.3 is 5.97 Å². The Labute approximate surface area is 111 Å². The van der Waals surface area contributed by atoms with Crippen molar-refractivity contribution < 1.29 is 9.53 Å². The lowest BCUT2D eigenvalue weighted by Crippen LogP contribution is -2.28. The van der Waals surface area contributed by atoms with Crippen molar-refractivity contribution in [2.45, 2.75) is 45.3 Å². The zero-order valence-electron chi connectivity index (χ0n) is 11.4. The van der Waals surface area contributed by atoms with E-state index in [0.29, 0.717) is 12.8 Å². The zero-order chi connectivity index (χ0) is 14.5. The first kappa shape index (κ1) is 15.1. The summed E-state index contributed by atoms with van der Waals surface area (Å²) in [6.07, 6.45) is 0.974. The van der Waals surface area contributed by atoms with Crippen LogP contribution < -0.4 is 0 Å². The van der Waals surface area contributed by atoms with Crippen LogP contribution in [0.15, 0.2) is 10.2 Å². The molecule has 0 unspecified atom stereocenters. The highest BCUT2D eigenvalue weighted by atomic mass is 16.6. The van der Waals surface area contributed by atoms with Crippen LogP contribution in [0.25, 0.3) is 20.9 Å². The third-order valence-electron chi connectivity index (χ3n) is 2.98. The van der Waals surface area contributed by atoms with Crippen LogP contribution >= 0.6 is 0 Å². The first-order chi connectivity index (χ1) is 8.87. The minimum Gasteiger partial charge on any atom is -0.460 e. The molecule has 0 aromatic carbocycles. The monoisotopic (exact) mass is 266 g/mol. The Hall–Kier alpha value is -1.91. The summed E-state index contributed by atoms with van der Waals surface area (Å²) >= 11 is 0. The van der Waals surface area contributed by atoms with Crippen molar-refractivity contribution in [2.75, 3.05) is 6.54 Å². The van der Waals surface area contributed by atoms with Crippen LogP contribution in [-0.4, -0.2) is 24.2 Å². The molecule has 0 radical (unpaired) electrons. The molecule has 8 heteroatoms. The van der Waals surface area contributed by atoms with Crippen molar-refractivity contribution in [3.63, 3.8) is 0 Å². The average molecular weight is 266 g/mol. The number of carbonyl (C=O) groups excluding carboxylic acids is 1. The number of ether oxygens (including phenoxy) is 1. The molecule has 0 amide bonds. The number of esters is 1. The maximum atomic E-state index is 12.0. The molecule has 1 aliphatic carbocycles. The molecule has 3 atom stereocenters. The first-order valence-corrected chi connectivity index (χ1v) is 6.15. The summed E-state index contributed by atoms with van der Waals surface area (Å²) in [4.78, 5) is 17.4. The third-order valence-corrected chi connectivity index (χ3v) is 2.98. The fraction of sp³-hybridized carbons (Fsp3) is 0.909. The Kier molecular flexibility index (Phi) is 5.03. The molecule has 0 aromatic heterocycles. The Bertz CT molecular complexity index is 431. The van der Waals surface area contributed by atoms with Gasteiger partial charge in [0, 0.05) is 22.4 Å². The van der Waals surface area contributed by atoms with E-state index < -0.39 is 5.60 Å². The maximum absolute atomic E-state index is 12.0. The fourth-order valence-corrected chi connectivity index (χ4v) is 2.23. The molecule has 0 aliphatic heterocycles. The molecule has 1 saturated carbocycles. The summed E-state index contributed by atoms with van der Waals surface area (Å²) in [6.45, 7) is 5.66. The Morgan fingerprint density at radius 3 is 2.53 bits per heavy atom. The number of azide groups is 2. The molecule has 8 nitrogen and oxygen atoms in total. The molecule has 19 heavy (non-hydrogen) atoms. The molecule has 1 aliphatic rings. The van der Waals surface area contributed by atoms with E-state index in [-0.39, 0.29) is 30.4 Å². The lowest BCUT2D eigenvalue weighted by Gasteiger charge is -2.22. The maximum Gasteiger partial charge on any atom is 0.309 e. The van der Waals surface area contributed by atoms with Crippen molar-refractivity contribution in [3.05, 3.63) is 20.9 Å². The molecule has 1 fully saturated rings. The van der Waals surface area contributed by atoms with E-state index in [1.54, 1.807) is 0 Å². The van der Waals surface area contributed by atoms with Crippen LogP contribution in [0.4, 0.5) is 0 Å². The van der Waals surface area contributed by atoms with Gasteiger partial charge in [-0.05, 0) is 50.6 Å². The molecule has 0 saturated heterocycles. The molecule has 104 valence electrons. The van der Waals surface area contributed by atoms with E-state index in [1.807, 2.05) is 20.8 Å². The molecule has 0 spiro atoms. The first-order valence-electron chi connectivity index (χ1n) is 6.15. The highest BCUT2D eigenvalue weighted by molar-refractivity contribution is 5.73. The molecule has 0 aromatic rings. The van der Waals surface area contributed by atoms with E-state index in [2.05, 4.69) is 20.1 Å². The summed E-state index contributed by atoms with van der Waals surface area (Å²) in [5.41, 5.74) is 16.3. The SMILES string of the molecule is CC(C)(C)OC(=O)[C@@H]1C[C@H](CN=[N+]=[N-])[C@@H](N=[N+]=[N-])C1. The van der Waals surface area contributed by atoms with Gasteiger partial charge in [0.15, 0.2) is 0 Å². The van der Waals surface area contributed by atoms with E-state index in [9.17, 15) is 4.79 Å². The third kappa shape index (κ3) is 4.69. The molecular weight excluding hydrogens is 248 g/mol. The Balaban J connectivity index is 2.71. The fourth-order valence-electron chi connectivity index (χ4n) is 2.23. The number of nitrogens with zero attached hydrogens (tertiary/aromatic N) is 6. The van der Waals surface area contributed by atoms with Gasteiger partial charge < -0.3 is 4.74 Å². The molecule has 0 bridgehead atoms. The summed E-state index contributed by atoms with van der Waals surface area (Å²) in [5.74, 6) is -0.674. The highest BCUT2D eigenvalue weighted by Gasteiger charge is 2.38. The number of rotatable bonds is 4. The normalized spacial score (nSPS) is 26.2. The van der Waals surface area contributed by atoms with Gasteiger partial charge in [0.25, 0.3) is 0 Å². The van der Waals surface area contributed by atoms with Crippen LogP contribution in [-0.2, 0) is 9.53 Å². The van der Waals surface area contributed by atoms with Crippen LogP contribution in [0.3, 0.4) is 0 Å². The van der Waals surface area contributed by atoms with Crippen molar-refractivity contribution >= 4 is 5.97 Å². The van der Waals surface area contributed by atoms with Crippen molar-refractivity contribution in [3.8, 4) is 0 Å². The topological polar surface area (TPSA) is 124 Å². The van der Waals surface area contributed by atoms with Crippen molar-refractivity contribution in [2.24, 2.45) is 22.1 Å². The van der Waals surface area contributed by atoms with E-state index >= 15 is 0 Å². The minimum atomic E-state index is -0.534. The largest absolute Gasteiger partial charge is 0.460 e. The van der Waals surface area contributed by atoms with Crippen LogP contribution in [0.1, 0.15) is 33.6 Å². The quantitative estimate of drug-likeness (QED) is 0.335. The van der Waals surface area contributed by atoms with Gasteiger partial charge in [0.05, 0.1) is 5.92 Å². The summed E-state index contributed by atoms with van der Waals surface area (Å²) in [7, 11) is 0. The van der Waals surface area contributed by atoms with Gasteiger partial charge in [0.1, 0.15) is 5.60 Å². The zero-order valence-corrected chi connectivity index (χ0v) is 11.4. The minimum absolute atomic E-state index is 0.0932. The Morgan fingerprint density at radius 2 is 2.00 bits per heavy atom. The van der Waals surface area contributed by atoms with E-state index in [1.165, 1.54) is 0 Å². The molecular formula is C11H18N6O2. The van der Waals surface area contributed by atoms with Crippen molar-refractivity contribution in [1.29, 1.82) is 0 Å². The van der Waals surface area contributed by atoms with Gasteiger partial charge in [-0.1, -0.05) is 10.2 Å². The summed E-state index contributed by atoms with van der Waals surface area (Å²) in [5, 5.41) is 7.18. The van der Waals surface area contributed by atoms with Crippen LogP contribution in [0, 0.1) is 11.8 Å². The lowest BCUT2D eigenvalue weighted by atomic mass is 10.0. The smallest absolute Gasteiger partial charge is 0.309 e. The van der Waals surface area contributed by atoms with E-state index in [0.717, 1.165) is 0 Å². The summed E-state index contributed by atoms with van der Waals surface area (Å²) < 4.78 is 5.32. The number of hydrogen-bond donors (Lipinski definition) is 0. The second-order valence-electron chi connectivity index (χ2n) is 5.65. The average Bonchev–Trinajstić information content (AvgIpc) is 2.68. The Morgan fingerprint density at radius 1 is 1.32 bits per heavy atom. The predicted octanol–water partition coefficient (Wildman–Crippen LogP) is 3.34. The predicted molar refractivity (Wildman–Crippen MR) is 69.0 cm³/mol. The second-order valence-corrected chi connectivity index (χ2v) is 5.65. The standard InChI is InChI=1S/C11H18N6O2/c1-11(2,3)19-10(18)7-4-8(6-14-16-12)9(5-7)15-17-13/h7-9H,4-6H2,1-3H3/t7-,8-,9+/m1/s1. The van der Waals surface area contributed by atoms with E-state index in [4.69, 9.17) is 15.8 Å². The molecule has 0 heterocycles. The lowest BCUT2D eigenvalue weighted by molar-refractivity contribution is -0.159. The van der Waals surface area contributed by atoms with Crippen molar-refractivity contribution in [1.82, 2.24) is 0 Å². The van der Waals surface area contributed by atoms with Gasteiger partial charge in [0.2, 0.25) is 0 Å². The summed E-state index contributed by atoms with van der Waals surface area (Å²) in [6, 6.07) is -0.312. The van der Waals surface area contributed by atoms with Gasteiger partial charge in [-0.15, -0.1) is 0 Å². The van der Waals surface area contributed by atoms with Gasteiger partial charge in [-0.25, -0.2) is 0 Å². The molecule has 1 rings (SSSR count). The number of carbonyl (C=O) groups is 1.